The highest BCUT2D eigenvalue weighted by atomic mass is 16.5. The maximum atomic E-state index is 5.61. The monoisotopic (exact) mass is 195 g/mol. The molecule has 0 spiro atoms. The van der Waals surface area contributed by atoms with Crippen LogP contribution >= 0.6 is 0 Å². The zero-order valence-corrected chi connectivity index (χ0v) is 9.25. The van der Waals surface area contributed by atoms with E-state index < -0.39 is 0 Å². The van der Waals surface area contributed by atoms with Gasteiger partial charge in [-0.3, -0.25) is 0 Å². The predicted octanol–water partition coefficient (Wildman–Crippen LogP) is 1.95. The quantitative estimate of drug-likeness (QED) is 0.692. The second-order valence-electron chi connectivity index (χ2n) is 3.92. The highest BCUT2D eigenvalue weighted by Gasteiger charge is 2.22. The Bertz CT molecular complexity index is 197. The Labute approximate surface area is 87.4 Å². The molecule has 3 unspecified atom stereocenters. The van der Waals surface area contributed by atoms with E-state index in [4.69, 9.17) is 11.2 Å². The van der Waals surface area contributed by atoms with E-state index in [0.717, 1.165) is 32.3 Å². The molecular weight excluding hydrogens is 174 g/mol. The number of hydrogen-bond acceptors (Lipinski definition) is 2. The molecule has 0 aromatic carbocycles. The molecular formula is C12H21NO. The van der Waals surface area contributed by atoms with E-state index in [-0.39, 0.29) is 6.04 Å². The Morgan fingerprint density at radius 3 is 2.93 bits per heavy atom. The van der Waals surface area contributed by atoms with Crippen LogP contribution in [0.15, 0.2) is 0 Å². The molecule has 3 atom stereocenters. The van der Waals surface area contributed by atoms with Crippen LogP contribution in [0.1, 0.15) is 39.5 Å². The molecule has 1 rings (SSSR count). The smallest absolute Gasteiger partial charge is 0.0686 e. The van der Waals surface area contributed by atoms with Crippen molar-refractivity contribution in [3.05, 3.63) is 0 Å². The van der Waals surface area contributed by atoms with Crippen LogP contribution in [0.4, 0.5) is 0 Å². The van der Waals surface area contributed by atoms with Crippen molar-refractivity contribution in [3.8, 4) is 12.3 Å². The van der Waals surface area contributed by atoms with Gasteiger partial charge in [0.15, 0.2) is 0 Å². The molecule has 1 N–H and O–H groups in total. The number of terminal acetylenes is 1. The fraction of sp³-hybridized carbons (Fsp3) is 0.833. The molecule has 0 aromatic heterocycles. The summed E-state index contributed by atoms with van der Waals surface area (Å²) < 4.78 is 5.61. The largest absolute Gasteiger partial charge is 0.378 e. The van der Waals surface area contributed by atoms with E-state index in [1.165, 1.54) is 0 Å². The van der Waals surface area contributed by atoms with Crippen molar-refractivity contribution in [1.82, 2.24) is 5.32 Å². The second-order valence-corrected chi connectivity index (χ2v) is 3.92. The maximum Gasteiger partial charge on any atom is 0.0686 e. The fourth-order valence-corrected chi connectivity index (χ4v) is 1.88. The lowest BCUT2D eigenvalue weighted by atomic mass is 10.0. The number of nitrogens with one attached hydrogen (secondary N) is 1. The molecule has 0 radical (unpaired) electrons. The van der Waals surface area contributed by atoms with Crippen LogP contribution in [-0.4, -0.2) is 24.8 Å². The number of rotatable bonds is 4. The maximum absolute atomic E-state index is 5.61. The Morgan fingerprint density at radius 1 is 1.57 bits per heavy atom. The molecule has 0 aromatic rings. The number of ether oxygens (including phenoxy) is 1. The van der Waals surface area contributed by atoms with Gasteiger partial charge in [-0.1, -0.05) is 19.8 Å². The molecule has 2 heteroatoms. The van der Waals surface area contributed by atoms with Crippen molar-refractivity contribution in [2.45, 2.75) is 57.7 Å². The van der Waals surface area contributed by atoms with Gasteiger partial charge in [0.2, 0.25) is 0 Å². The average Bonchev–Trinajstić information content (AvgIpc) is 2.26. The van der Waals surface area contributed by atoms with Crippen LogP contribution in [0.25, 0.3) is 0 Å². The first kappa shape index (κ1) is 11.6. The van der Waals surface area contributed by atoms with Gasteiger partial charge in [-0.15, -0.1) is 6.42 Å². The van der Waals surface area contributed by atoms with Gasteiger partial charge in [-0.2, -0.15) is 0 Å². The van der Waals surface area contributed by atoms with Crippen molar-refractivity contribution in [3.63, 3.8) is 0 Å². The van der Waals surface area contributed by atoms with Gasteiger partial charge in [-0.05, 0) is 25.7 Å². The zero-order chi connectivity index (χ0) is 10.4. The van der Waals surface area contributed by atoms with Crippen LogP contribution < -0.4 is 5.32 Å². The summed E-state index contributed by atoms with van der Waals surface area (Å²) in [4.78, 5) is 0. The molecule has 1 heterocycles. The Morgan fingerprint density at radius 2 is 2.36 bits per heavy atom. The molecule has 2 nitrogen and oxygen atoms in total. The lowest BCUT2D eigenvalue weighted by Gasteiger charge is -2.31. The summed E-state index contributed by atoms with van der Waals surface area (Å²) in [6.07, 6.45) is 10.2. The van der Waals surface area contributed by atoms with Crippen LogP contribution in [0.5, 0.6) is 0 Å². The summed E-state index contributed by atoms with van der Waals surface area (Å²) in [5.74, 6) is 2.78. The predicted molar refractivity (Wildman–Crippen MR) is 59.1 cm³/mol. The van der Waals surface area contributed by atoms with Gasteiger partial charge < -0.3 is 10.1 Å². The molecule has 14 heavy (non-hydrogen) atoms. The van der Waals surface area contributed by atoms with Crippen LogP contribution in [-0.2, 0) is 4.74 Å². The minimum Gasteiger partial charge on any atom is -0.378 e. The van der Waals surface area contributed by atoms with Crippen molar-refractivity contribution in [2.24, 2.45) is 0 Å². The van der Waals surface area contributed by atoms with Crippen LogP contribution in [0, 0.1) is 12.3 Å². The topological polar surface area (TPSA) is 21.3 Å². The van der Waals surface area contributed by atoms with Crippen molar-refractivity contribution >= 4 is 0 Å². The molecule has 0 saturated carbocycles. The average molecular weight is 195 g/mol. The third kappa shape index (κ3) is 3.32. The van der Waals surface area contributed by atoms with Gasteiger partial charge in [-0.25, -0.2) is 0 Å². The molecule has 1 fully saturated rings. The minimum atomic E-state index is 0.232. The molecule has 0 bridgehead atoms. The molecule has 0 amide bonds. The number of hydrogen-bond donors (Lipinski definition) is 1. The molecule has 1 aliphatic heterocycles. The lowest BCUT2D eigenvalue weighted by molar-refractivity contribution is -0.000987. The van der Waals surface area contributed by atoms with Gasteiger partial charge in [0.05, 0.1) is 12.1 Å². The van der Waals surface area contributed by atoms with E-state index in [0.29, 0.717) is 12.1 Å². The fourth-order valence-electron chi connectivity index (χ4n) is 1.88. The Balaban J connectivity index is 2.33. The molecule has 0 aliphatic carbocycles. The third-order valence-corrected chi connectivity index (χ3v) is 2.87. The summed E-state index contributed by atoms with van der Waals surface area (Å²) >= 11 is 0. The standard InChI is InChI=1S/C12H21NO/c1-4-10(5-2)13-11-7-8-14-12(6-3)9-11/h1,10-13H,5-9H2,2-3H3. The molecule has 80 valence electrons. The third-order valence-electron chi connectivity index (χ3n) is 2.87. The Hall–Kier alpha value is -0.520. The molecule has 1 saturated heterocycles. The van der Waals surface area contributed by atoms with E-state index in [1.807, 2.05) is 0 Å². The summed E-state index contributed by atoms with van der Waals surface area (Å²) in [7, 11) is 0. The van der Waals surface area contributed by atoms with Crippen molar-refractivity contribution in [1.29, 1.82) is 0 Å². The van der Waals surface area contributed by atoms with Gasteiger partial charge in [0.25, 0.3) is 0 Å². The van der Waals surface area contributed by atoms with Crippen molar-refractivity contribution < 1.29 is 4.74 Å². The first-order valence-corrected chi connectivity index (χ1v) is 5.63. The summed E-state index contributed by atoms with van der Waals surface area (Å²) in [5.41, 5.74) is 0. The zero-order valence-electron chi connectivity index (χ0n) is 9.25. The van der Waals surface area contributed by atoms with Crippen LogP contribution in [0.2, 0.25) is 0 Å². The van der Waals surface area contributed by atoms with Crippen LogP contribution in [0.3, 0.4) is 0 Å². The molecule has 1 aliphatic rings. The summed E-state index contributed by atoms with van der Waals surface area (Å²) in [5, 5.41) is 3.50. The van der Waals surface area contributed by atoms with E-state index in [1.54, 1.807) is 0 Å². The lowest BCUT2D eigenvalue weighted by Crippen LogP contribution is -2.43. The second kappa shape index (κ2) is 6.06. The van der Waals surface area contributed by atoms with Gasteiger partial charge >= 0.3 is 0 Å². The van der Waals surface area contributed by atoms with Gasteiger partial charge in [0, 0.05) is 12.6 Å². The van der Waals surface area contributed by atoms with E-state index >= 15 is 0 Å². The first-order chi connectivity index (χ1) is 6.80. The Kier molecular flexibility index (Phi) is 5.00. The summed E-state index contributed by atoms with van der Waals surface area (Å²) in [6, 6.07) is 0.783. The normalized spacial score (nSPS) is 29.5. The van der Waals surface area contributed by atoms with E-state index in [9.17, 15) is 0 Å². The summed E-state index contributed by atoms with van der Waals surface area (Å²) in [6.45, 7) is 5.16. The van der Waals surface area contributed by atoms with Crippen molar-refractivity contribution in [2.75, 3.05) is 6.61 Å². The highest BCUT2D eigenvalue weighted by Crippen LogP contribution is 2.16. The first-order valence-electron chi connectivity index (χ1n) is 5.63. The highest BCUT2D eigenvalue weighted by molar-refractivity contribution is 4.99. The SMILES string of the molecule is C#CC(CC)NC1CCOC(CC)C1. The minimum absolute atomic E-state index is 0.232. The van der Waals surface area contributed by atoms with Gasteiger partial charge in [0.1, 0.15) is 0 Å². The van der Waals surface area contributed by atoms with E-state index in [2.05, 4.69) is 25.1 Å².